The summed E-state index contributed by atoms with van der Waals surface area (Å²) >= 11 is 0. The van der Waals surface area contributed by atoms with Crippen molar-refractivity contribution in [2.75, 3.05) is 299 Å². The van der Waals surface area contributed by atoms with E-state index in [-0.39, 0.29) is 74.6 Å². The van der Waals surface area contributed by atoms with Crippen molar-refractivity contribution in [1.29, 1.82) is 0 Å². The van der Waals surface area contributed by atoms with E-state index >= 15 is 0 Å². The van der Waals surface area contributed by atoms with E-state index in [1.165, 1.54) is 0 Å². The Morgan fingerprint density at radius 2 is 0.372 bits per heavy atom. The fraction of sp³-hybridized carbons (Fsp3) is 1.00. The quantitative estimate of drug-likeness (QED) is 0.0502. The third-order valence-corrected chi connectivity index (χ3v) is 13.5. The fourth-order valence-electron chi connectivity index (χ4n) is 7.21. The number of hydrogen-bond donors (Lipinski definition) is 4. The molecule has 0 heterocycles. The van der Waals surface area contributed by atoms with Crippen LogP contribution in [-0.2, 0) is 144 Å². The maximum absolute atomic E-state index is 9.95. The molecule has 0 saturated heterocycles. The zero-order valence-corrected chi connectivity index (χ0v) is 54.7. The standard InChI is InChI=1S/C52H106O30P2S2/c1-47-48(78-44-41-75-38-35-72-32-29-69-26-23-66-20-17-63-14-11-60-8-5-57-2)51(81-83-85(53)54)50(80-46-43-77-40-37-74-34-31-71-28-25-68-22-19-65-16-13-62-10-7-59-4)52(82-84-86(55)56)49(47)79-45-42-76-39-36-73-33-30-70-27-24-67-21-18-64-15-12-61-9-6-58-3/h47-56H,5-46H2,1-4H3/t47?,48-,49?,50?,51?,52+/m1/s1. The van der Waals surface area contributed by atoms with Crippen LogP contribution in [-0.4, -0.2) is 348 Å². The van der Waals surface area contributed by atoms with Crippen LogP contribution in [0, 0.1) is 5.92 Å². The van der Waals surface area contributed by atoms with Crippen LogP contribution in [0.3, 0.4) is 0 Å². The molecule has 0 radical (unpaired) electrons. The summed E-state index contributed by atoms with van der Waals surface area (Å²) < 4.78 is 186. The first-order valence-electron chi connectivity index (χ1n) is 29.1. The Morgan fingerprint density at radius 1 is 0.221 bits per heavy atom. The van der Waals surface area contributed by atoms with Gasteiger partial charge in [-0.2, -0.15) is 0 Å². The van der Waals surface area contributed by atoms with E-state index < -0.39 is 57.7 Å². The second-order valence-electron chi connectivity index (χ2n) is 17.6. The molecule has 1 rings (SSSR count). The van der Waals surface area contributed by atoms with Gasteiger partial charge in [-0.1, -0.05) is 6.92 Å². The normalized spacial score (nSPS) is 18.3. The summed E-state index contributed by atoms with van der Waals surface area (Å²) in [6.07, 6.45) is -4.47. The topological polar surface area (TPSA) is 321 Å². The van der Waals surface area contributed by atoms with Crippen LogP contribution in [0.5, 0.6) is 0 Å². The van der Waals surface area contributed by atoms with Gasteiger partial charge in [0.05, 0.1) is 290 Å². The lowest BCUT2D eigenvalue weighted by Crippen LogP contribution is -2.63. The summed E-state index contributed by atoms with van der Waals surface area (Å²) in [7, 11) is 0.276. The molecule has 1 aliphatic carbocycles. The first kappa shape index (κ1) is 84.1. The average molecular weight is 1340 g/mol. The molecule has 1 aliphatic rings. The van der Waals surface area contributed by atoms with E-state index in [0.29, 0.717) is 218 Å². The first-order chi connectivity index (χ1) is 42.4. The Kier molecular flexibility index (Phi) is 66.5. The molecule has 1 saturated carbocycles. The van der Waals surface area contributed by atoms with Crippen molar-refractivity contribution >= 4 is 36.4 Å². The molecule has 0 bridgehead atoms. The summed E-state index contributed by atoms with van der Waals surface area (Å²) in [4.78, 5) is 0. The predicted octanol–water partition coefficient (Wildman–Crippen LogP) is 2.48. The van der Waals surface area contributed by atoms with Gasteiger partial charge in [-0.05, 0) is 0 Å². The van der Waals surface area contributed by atoms with Crippen LogP contribution in [0.1, 0.15) is 6.92 Å². The van der Waals surface area contributed by atoms with Crippen molar-refractivity contribution in [2.45, 2.75) is 37.4 Å². The highest BCUT2D eigenvalue weighted by Gasteiger charge is 2.53. The van der Waals surface area contributed by atoms with Gasteiger partial charge in [0.2, 0.25) is 0 Å². The van der Waals surface area contributed by atoms with Crippen LogP contribution in [0.4, 0.5) is 0 Å². The largest absolute Gasteiger partial charge is 0.382 e. The van der Waals surface area contributed by atoms with Crippen LogP contribution in [0.2, 0.25) is 0 Å². The second-order valence-corrected chi connectivity index (χ2v) is 22.2. The van der Waals surface area contributed by atoms with Crippen LogP contribution >= 0.6 is 15.2 Å². The van der Waals surface area contributed by atoms with E-state index in [1.54, 1.807) is 21.3 Å². The van der Waals surface area contributed by atoms with Crippen molar-refractivity contribution in [3.8, 4) is 0 Å². The first-order valence-corrected chi connectivity index (χ1v) is 34.2. The van der Waals surface area contributed by atoms with E-state index in [1.807, 2.05) is 6.92 Å². The average Bonchev–Trinajstić information content (AvgIpc) is 1.37. The summed E-state index contributed by atoms with van der Waals surface area (Å²) in [6.45, 7) is 18.2. The number of ether oxygens (including phenoxy) is 24. The Morgan fingerprint density at radius 3 is 0.535 bits per heavy atom. The SMILES string of the molecule is COCCOCCOCCOCCOCCOCCOCCOC1C(C)[C@@H](OCCOCCOCCOCCOCCOCCOCCOC)C(OP=S(O)O)C(OCCOCCOCCOCCOCCOCCOCCOC)[C@H]1OP=S(O)O. The Labute approximate surface area is 517 Å². The molecule has 0 aromatic carbocycles. The molecule has 0 amide bonds. The van der Waals surface area contributed by atoms with Gasteiger partial charge in [0.1, 0.15) is 54.7 Å². The van der Waals surface area contributed by atoms with Crippen LogP contribution in [0.15, 0.2) is 0 Å². The zero-order valence-electron chi connectivity index (χ0n) is 51.3. The molecule has 4 N–H and O–H groups in total. The summed E-state index contributed by atoms with van der Waals surface area (Å²) in [5.41, 5.74) is 0. The van der Waals surface area contributed by atoms with E-state index in [9.17, 15) is 18.2 Å². The van der Waals surface area contributed by atoms with Gasteiger partial charge in [0.15, 0.2) is 0 Å². The lowest BCUT2D eigenvalue weighted by Gasteiger charge is -2.48. The van der Waals surface area contributed by atoms with Gasteiger partial charge in [0.25, 0.3) is 0 Å². The highest BCUT2D eigenvalue weighted by atomic mass is 32.5. The molecular formula is C52H106O30P2S2. The van der Waals surface area contributed by atoms with Gasteiger partial charge >= 0.3 is 0 Å². The maximum Gasteiger partial charge on any atom is 0.147 e. The number of hydrogen-bond acceptors (Lipinski definition) is 26. The van der Waals surface area contributed by atoms with Crippen molar-refractivity contribution < 1.29 is 141 Å². The van der Waals surface area contributed by atoms with E-state index in [2.05, 4.69) is 0 Å². The molecule has 0 aliphatic heterocycles. The molecule has 1 fully saturated rings. The lowest BCUT2D eigenvalue weighted by atomic mass is 9.79. The molecule has 30 nitrogen and oxygen atoms in total. The number of methoxy groups -OCH3 is 3. The summed E-state index contributed by atoms with van der Waals surface area (Å²) in [5.74, 6) is -0.488. The van der Waals surface area contributed by atoms with Gasteiger partial charge in [0, 0.05) is 27.2 Å². The van der Waals surface area contributed by atoms with Crippen molar-refractivity contribution in [1.82, 2.24) is 0 Å². The van der Waals surface area contributed by atoms with Crippen LogP contribution in [0.25, 0.3) is 0 Å². The third kappa shape index (κ3) is 54.6. The minimum Gasteiger partial charge on any atom is -0.382 e. The Bertz CT molecular complexity index is 1370. The van der Waals surface area contributed by atoms with Crippen LogP contribution < -0.4 is 0 Å². The summed E-state index contributed by atoms with van der Waals surface area (Å²) in [5, 5.41) is 0. The fourth-order valence-corrected chi connectivity index (χ4v) is 9.10. The molecule has 4 unspecified atom stereocenters. The maximum atomic E-state index is 9.95. The molecule has 0 aromatic heterocycles. The van der Waals surface area contributed by atoms with Gasteiger partial charge in [-0.25, -0.2) is 0 Å². The van der Waals surface area contributed by atoms with Crippen molar-refractivity contribution in [3.05, 3.63) is 0 Å². The lowest BCUT2D eigenvalue weighted by molar-refractivity contribution is -0.226. The zero-order chi connectivity index (χ0) is 62.1. The van der Waals surface area contributed by atoms with Gasteiger partial charge in [-0.15, -0.1) is 0 Å². The highest BCUT2D eigenvalue weighted by molar-refractivity contribution is 8.12. The molecule has 86 heavy (non-hydrogen) atoms. The van der Waals surface area contributed by atoms with Gasteiger partial charge in [-0.3, -0.25) is 0 Å². The van der Waals surface area contributed by atoms with Gasteiger partial charge < -0.3 is 141 Å². The second kappa shape index (κ2) is 68.0. The van der Waals surface area contributed by atoms with E-state index in [4.69, 9.17) is 123 Å². The Hall–Kier alpha value is 0.1000. The Balaban J connectivity index is 2.67. The predicted molar refractivity (Wildman–Crippen MR) is 318 cm³/mol. The molecule has 34 heteroatoms. The summed E-state index contributed by atoms with van der Waals surface area (Å²) in [6, 6.07) is 0. The number of rotatable bonds is 70. The molecule has 6 atom stereocenters. The highest BCUT2D eigenvalue weighted by Crippen LogP contribution is 2.39. The minimum absolute atomic E-state index is 0.0329. The molecule has 516 valence electrons. The molecule has 0 spiro atoms. The van der Waals surface area contributed by atoms with Crippen molar-refractivity contribution in [3.63, 3.8) is 0 Å². The van der Waals surface area contributed by atoms with Crippen molar-refractivity contribution in [2.24, 2.45) is 5.92 Å². The molecular weight excluding hydrogens is 1230 g/mol. The van der Waals surface area contributed by atoms with E-state index in [0.717, 1.165) is 0 Å². The smallest absolute Gasteiger partial charge is 0.147 e. The minimum atomic E-state index is -2.14. The molecule has 0 aromatic rings. The monoisotopic (exact) mass is 1340 g/mol. The third-order valence-electron chi connectivity index (χ3n) is 11.3.